The number of amides is 1. The predicted octanol–water partition coefficient (Wildman–Crippen LogP) is 1.52. The van der Waals surface area contributed by atoms with Gasteiger partial charge in [-0.15, -0.1) is 0 Å². The van der Waals surface area contributed by atoms with Gasteiger partial charge in [-0.3, -0.25) is 14.9 Å². The van der Waals surface area contributed by atoms with Crippen molar-refractivity contribution in [2.75, 3.05) is 25.5 Å². The van der Waals surface area contributed by atoms with E-state index < -0.39 is 4.92 Å². The molecule has 1 atom stereocenters. The Hall–Kier alpha value is -2.62. The molecule has 0 unspecified atom stereocenters. The minimum Gasteiger partial charge on any atom is -0.354 e. The van der Waals surface area contributed by atoms with Crippen LogP contribution >= 0.6 is 0 Å². The van der Waals surface area contributed by atoms with Gasteiger partial charge in [0.15, 0.2) is 0 Å². The highest BCUT2D eigenvalue weighted by molar-refractivity contribution is 5.86. The minimum atomic E-state index is -0.508. The third-order valence-electron chi connectivity index (χ3n) is 3.59. The molecule has 0 spiro atoms. The molecule has 110 valence electrons. The van der Waals surface area contributed by atoms with Crippen LogP contribution in [0.25, 0.3) is 0 Å². The van der Waals surface area contributed by atoms with Crippen LogP contribution in [0.3, 0.4) is 0 Å². The number of carbonyl (C=O) groups excluding carboxylic acids is 1. The number of nitrogens with zero attached hydrogens (tertiary/aromatic N) is 4. The lowest BCUT2D eigenvalue weighted by Gasteiger charge is -2.27. The average molecular weight is 288 g/mol. The molecule has 0 bridgehead atoms. The van der Waals surface area contributed by atoms with Crippen molar-refractivity contribution in [3.63, 3.8) is 0 Å². The number of likely N-dealkylation sites (N-methyl/N-ethyl adjacent to an activating group) is 1. The van der Waals surface area contributed by atoms with Crippen LogP contribution in [-0.2, 0) is 4.79 Å². The standard InChI is InChI=1S/C14H16N4O3/c1-16(2)14(19)12-4-3-7-17(12)11-6-5-10(9-15)8-13(11)18(20)21/h5-6,8,12H,3-4,7H2,1-2H3/t12-/m1/s1. The Kier molecular flexibility index (Phi) is 4.08. The van der Waals surface area contributed by atoms with Gasteiger partial charge in [-0.1, -0.05) is 0 Å². The highest BCUT2D eigenvalue weighted by Crippen LogP contribution is 2.34. The summed E-state index contributed by atoms with van der Waals surface area (Å²) >= 11 is 0. The van der Waals surface area contributed by atoms with E-state index in [1.54, 1.807) is 25.1 Å². The molecule has 1 amide bonds. The molecule has 1 heterocycles. The molecule has 1 aliphatic heterocycles. The molecule has 1 aromatic rings. The van der Waals surface area contributed by atoms with Crippen molar-refractivity contribution in [1.82, 2.24) is 4.90 Å². The molecule has 1 aromatic carbocycles. The third-order valence-corrected chi connectivity index (χ3v) is 3.59. The summed E-state index contributed by atoms with van der Waals surface area (Å²) in [5.74, 6) is -0.0637. The Morgan fingerprint density at radius 3 is 2.81 bits per heavy atom. The number of nitro benzene ring substituents is 1. The molecule has 7 heteroatoms. The Bertz CT molecular complexity index is 621. The summed E-state index contributed by atoms with van der Waals surface area (Å²) in [5, 5.41) is 20.1. The van der Waals surface area contributed by atoms with Crippen molar-refractivity contribution >= 4 is 17.3 Å². The van der Waals surface area contributed by atoms with E-state index in [-0.39, 0.29) is 23.2 Å². The summed E-state index contributed by atoms with van der Waals surface area (Å²) in [5.41, 5.74) is 0.504. The molecule has 0 saturated carbocycles. The maximum atomic E-state index is 12.2. The molecule has 1 aliphatic rings. The minimum absolute atomic E-state index is 0.0637. The van der Waals surface area contributed by atoms with E-state index in [2.05, 4.69) is 0 Å². The molecule has 0 radical (unpaired) electrons. The van der Waals surface area contributed by atoms with Gasteiger partial charge in [-0.25, -0.2) is 0 Å². The molecular weight excluding hydrogens is 272 g/mol. The van der Waals surface area contributed by atoms with Crippen LogP contribution in [-0.4, -0.2) is 42.4 Å². The first-order valence-electron chi connectivity index (χ1n) is 6.62. The summed E-state index contributed by atoms with van der Waals surface area (Å²) < 4.78 is 0. The Balaban J connectivity index is 2.43. The first-order valence-corrected chi connectivity index (χ1v) is 6.62. The molecule has 7 nitrogen and oxygen atoms in total. The fourth-order valence-corrected chi connectivity index (χ4v) is 2.59. The fraction of sp³-hybridized carbons (Fsp3) is 0.429. The van der Waals surface area contributed by atoms with Gasteiger partial charge in [-0.05, 0) is 25.0 Å². The first-order chi connectivity index (χ1) is 9.95. The van der Waals surface area contributed by atoms with Crippen LogP contribution in [0.5, 0.6) is 0 Å². The number of hydrogen-bond acceptors (Lipinski definition) is 5. The number of hydrogen-bond donors (Lipinski definition) is 0. The Morgan fingerprint density at radius 1 is 1.52 bits per heavy atom. The van der Waals surface area contributed by atoms with Crippen LogP contribution in [0.15, 0.2) is 18.2 Å². The van der Waals surface area contributed by atoms with Crippen molar-refractivity contribution in [3.8, 4) is 6.07 Å². The summed E-state index contributed by atoms with van der Waals surface area (Å²) in [7, 11) is 3.35. The summed E-state index contributed by atoms with van der Waals surface area (Å²) in [4.78, 5) is 26.2. The van der Waals surface area contributed by atoms with Crippen LogP contribution in [0.2, 0.25) is 0 Å². The van der Waals surface area contributed by atoms with E-state index in [4.69, 9.17) is 5.26 Å². The Morgan fingerprint density at radius 2 is 2.24 bits per heavy atom. The molecule has 1 saturated heterocycles. The van der Waals surface area contributed by atoms with Crippen molar-refractivity contribution in [3.05, 3.63) is 33.9 Å². The van der Waals surface area contributed by atoms with Gasteiger partial charge in [-0.2, -0.15) is 5.26 Å². The van der Waals surface area contributed by atoms with Gasteiger partial charge in [0.05, 0.1) is 16.6 Å². The van der Waals surface area contributed by atoms with Gasteiger partial charge in [0.25, 0.3) is 5.69 Å². The number of rotatable bonds is 3. The monoisotopic (exact) mass is 288 g/mol. The third kappa shape index (κ3) is 2.79. The smallest absolute Gasteiger partial charge is 0.293 e. The van der Waals surface area contributed by atoms with Gasteiger partial charge in [0.2, 0.25) is 5.91 Å². The topological polar surface area (TPSA) is 90.5 Å². The molecule has 1 fully saturated rings. The van der Waals surface area contributed by atoms with E-state index in [0.717, 1.165) is 6.42 Å². The van der Waals surface area contributed by atoms with Gasteiger partial charge in [0.1, 0.15) is 11.7 Å². The first kappa shape index (κ1) is 14.8. The quantitative estimate of drug-likeness (QED) is 0.621. The largest absolute Gasteiger partial charge is 0.354 e. The second kappa shape index (κ2) is 5.79. The van der Waals surface area contributed by atoms with E-state index in [1.165, 1.54) is 17.0 Å². The van der Waals surface area contributed by atoms with Gasteiger partial charge in [0, 0.05) is 26.7 Å². The normalized spacial score (nSPS) is 17.4. The van der Waals surface area contributed by atoms with Crippen molar-refractivity contribution < 1.29 is 9.72 Å². The summed E-state index contributed by atoms with van der Waals surface area (Å²) in [6.45, 7) is 0.594. The van der Waals surface area contributed by atoms with E-state index in [1.807, 2.05) is 6.07 Å². The zero-order chi connectivity index (χ0) is 15.6. The molecule has 21 heavy (non-hydrogen) atoms. The van der Waals surface area contributed by atoms with E-state index in [9.17, 15) is 14.9 Å². The maximum Gasteiger partial charge on any atom is 0.293 e. The van der Waals surface area contributed by atoms with Crippen LogP contribution in [0.4, 0.5) is 11.4 Å². The zero-order valence-electron chi connectivity index (χ0n) is 11.9. The molecule has 2 rings (SSSR count). The number of nitriles is 1. The van der Waals surface area contributed by atoms with Gasteiger partial charge < -0.3 is 9.80 Å². The molecule has 0 N–H and O–H groups in total. The molecule has 0 aromatic heterocycles. The second-order valence-electron chi connectivity index (χ2n) is 5.16. The SMILES string of the molecule is CN(C)C(=O)[C@H]1CCCN1c1ccc(C#N)cc1[N+](=O)[O-]. The average Bonchev–Trinajstić information content (AvgIpc) is 2.94. The maximum absolute atomic E-state index is 12.2. The van der Waals surface area contributed by atoms with E-state index in [0.29, 0.717) is 18.7 Å². The van der Waals surface area contributed by atoms with Crippen LogP contribution in [0, 0.1) is 21.4 Å². The van der Waals surface area contributed by atoms with E-state index >= 15 is 0 Å². The number of benzene rings is 1. The lowest BCUT2D eigenvalue weighted by molar-refractivity contribution is -0.384. The highest BCUT2D eigenvalue weighted by Gasteiger charge is 2.35. The zero-order valence-corrected chi connectivity index (χ0v) is 11.9. The predicted molar refractivity (Wildman–Crippen MR) is 76.9 cm³/mol. The highest BCUT2D eigenvalue weighted by atomic mass is 16.6. The van der Waals surface area contributed by atoms with Crippen LogP contribution in [0.1, 0.15) is 18.4 Å². The van der Waals surface area contributed by atoms with Gasteiger partial charge >= 0.3 is 0 Å². The summed E-state index contributed by atoms with van der Waals surface area (Å²) in [6, 6.07) is 5.86. The lowest BCUT2D eigenvalue weighted by atomic mass is 10.1. The molecular formula is C14H16N4O3. The van der Waals surface area contributed by atoms with Crippen molar-refractivity contribution in [2.45, 2.75) is 18.9 Å². The number of carbonyl (C=O) groups is 1. The van der Waals surface area contributed by atoms with Crippen LogP contribution < -0.4 is 4.90 Å². The molecule has 0 aliphatic carbocycles. The Labute approximate surface area is 122 Å². The second-order valence-corrected chi connectivity index (χ2v) is 5.16. The number of anilines is 1. The van der Waals surface area contributed by atoms with Crippen molar-refractivity contribution in [2.24, 2.45) is 0 Å². The lowest BCUT2D eigenvalue weighted by Crippen LogP contribution is -2.43. The fourth-order valence-electron chi connectivity index (χ4n) is 2.59. The number of nitro groups is 1. The van der Waals surface area contributed by atoms with Crippen molar-refractivity contribution in [1.29, 1.82) is 5.26 Å². The summed E-state index contributed by atoms with van der Waals surface area (Å²) in [6.07, 6.45) is 1.48.